The standard InChI is InChI=1S/C24H17Cl2N9O4/c25-17-8-6-15(20(10-17)34(36)37)13-27-32-22-12-23(31-24(30-22)29-19-4-2-1-3-5-19)33-28-14-16-7-9-18(26)11-21(16)35(38)39/h1-14H,(H3,29,30,31,32,33). The van der Waals surface area contributed by atoms with Gasteiger partial charge in [0.1, 0.15) is 0 Å². The molecule has 196 valence electrons. The van der Waals surface area contributed by atoms with Gasteiger partial charge in [-0.3, -0.25) is 31.1 Å². The van der Waals surface area contributed by atoms with Crippen molar-refractivity contribution in [3.63, 3.8) is 0 Å². The van der Waals surface area contributed by atoms with Crippen LogP contribution in [0.25, 0.3) is 0 Å². The Morgan fingerprint density at radius 2 is 1.21 bits per heavy atom. The molecule has 0 fully saturated rings. The zero-order chi connectivity index (χ0) is 27.8. The van der Waals surface area contributed by atoms with Crippen LogP contribution in [0.4, 0.5) is 34.6 Å². The molecule has 39 heavy (non-hydrogen) atoms. The van der Waals surface area contributed by atoms with Crippen LogP contribution >= 0.6 is 23.2 Å². The number of hydrogen-bond acceptors (Lipinski definition) is 11. The fourth-order valence-electron chi connectivity index (χ4n) is 3.17. The molecule has 0 unspecified atom stereocenters. The van der Waals surface area contributed by atoms with Crippen molar-refractivity contribution in [1.29, 1.82) is 0 Å². The van der Waals surface area contributed by atoms with E-state index < -0.39 is 9.85 Å². The fourth-order valence-corrected chi connectivity index (χ4v) is 3.51. The number of para-hydroxylation sites is 1. The minimum Gasteiger partial charge on any atom is -0.324 e. The van der Waals surface area contributed by atoms with Crippen molar-refractivity contribution in [2.75, 3.05) is 16.2 Å². The highest BCUT2D eigenvalue weighted by Gasteiger charge is 2.14. The summed E-state index contributed by atoms with van der Waals surface area (Å²) < 4.78 is 0. The van der Waals surface area contributed by atoms with E-state index in [9.17, 15) is 20.2 Å². The lowest BCUT2D eigenvalue weighted by atomic mass is 10.2. The Balaban J connectivity index is 1.59. The Bertz CT molecular complexity index is 1490. The van der Waals surface area contributed by atoms with Gasteiger partial charge in [0.15, 0.2) is 11.6 Å². The average Bonchev–Trinajstić information content (AvgIpc) is 2.90. The van der Waals surface area contributed by atoms with E-state index in [1.54, 1.807) is 0 Å². The Morgan fingerprint density at radius 3 is 1.67 bits per heavy atom. The maximum atomic E-state index is 11.3. The summed E-state index contributed by atoms with van der Waals surface area (Å²) in [6.45, 7) is 0. The molecule has 0 radical (unpaired) electrons. The largest absolute Gasteiger partial charge is 0.324 e. The van der Waals surface area contributed by atoms with Gasteiger partial charge >= 0.3 is 0 Å². The Hall–Kier alpha value is -5.14. The Morgan fingerprint density at radius 1 is 0.718 bits per heavy atom. The number of hydrazone groups is 2. The van der Waals surface area contributed by atoms with Crippen molar-refractivity contribution >= 4 is 70.3 Å². The number of nitro benzene ring substituents is 2. The zero-order valence-electron chi connectivity index (χ0n) is 19.7. The summed E-state index contributed by atoms with van der Waals surface area (Å²) in [5.41, 5.74) is 6.14. The number of hydrogen-bond donors (Lipinski definition) is 3. The molecule has 1 heterocycles. The minimum absolute atomic E-state index is 0.175. The first-order chi connectivity index (χ1) is 18.8. The fraction of sp³-hybridized carbons (Fsp3) is 0. The first-order valence-corrected chi connectivity index (χ1v) is 11.7. The van der Waals surface area contributed by atoms with E-state index in [4.69, 9.17) is 23.2 Å². The summed E-state index contributed by atoms with van der Waals surface area (Å²) >= 11 is 11.7. The molecule has 0 bridgehead atoms. The summed E-state index contributed by atoms with van der Waals surface area (Å²) in [5.74, 6) is 0.604. The Labute approximate surface area is 230 Å². The van der Waals surface area contributed by atoms with Gasteiger partial charge in [-0.25, -0.2) is 0 Å². The number of nitro groups is 2. The lowest BCUT2D eigenvalue weighted by molar-refractivity contribution is -0.385. The van der Waals surface area contributed by atoms with Crippen molar-refractivity contribution in [2.45, 2.75) is 0 Å². The van der Waals surface area contributed by atoms with Crippen LogP contribution in [0, 0.1) is 20.2 Å². The molecule has 0 aliphatic carbocycles. The highest BCUT2D eigenvalue weighted by Crippen LogP contribution is 2.24. The Kier molecular flexibility index (Phi) is 8.56. The second-order valence-corrected chi connectivity index (χ2v) is 8.49. The molecule has 3 N–H and O–H groups in total. The molecule has 0 saturated carbocycles. The number of nitrogens with zero attached hydrogens (tertiary/aromatic N) is 6. The van der Waals surface area contributed by atoms with Crippen molar-refractivity contribution in [1.82, 2.24) is 9.97 Å². The van der Waals surface area contributed by atoms with E-state index in [0.717, 1.165) is 0 Å². The first-order valence-electron chi connectivity index (χ1n) is 11.0. The van der Waals surface area contributed by atoms with Crippen molar-refractivity contribution in [2.24, 2.45) is 10.2 Å². The third-order valence-electron chi connectivity index (χ3n) is 4.90. The predicted octanol–water partition coefficient (Wildman–Crippen LogP) is 6.24. The molecule has 4 rings (SSSR count). The van der Waals surface area contributed by atoms with Crippen LogP contribution < -0.4 is 16.2 Å². The first kappa shape index (κ1) is 26.9. The van der Waals surface area contributed by atoms with Crippen molar-refractivity contribution in [3.8, 4) is 0 Å². The number of benzene rings is 3. The van der Waals surface area contributed by atoms with Gasteiger partial charge < -0.3 is 5.32 Å². The van der Waals surface area contributed by atoms with Gasteiger partial charge in [0.2, 0.25) is 5.95 Å². The molecule has 3 aromatic carbocycles. The topological polar surface area (TPSA) is 173 Å². The van der Waals surface area contributed by atoms with Crippen LogP contribution in [0.3, 0.4) is 0 Å². The summed E-state index contributed by atoms with van der Waals surface area (Å²) in [5, 5.41) is 34.2. The summed E-state index contributed by atoms with van der Waals surface area (Å²) in [6.07, 6.45) is 2.51. The molecule has 0 spiro atoms. The SMILES string of the molecule is O=[N+]([O-])c1cc(Cl)ccc1C=NNc1cc(NN=Cc2ccc(Cl)cc2[N+](=O)[O-])nc(Nc2ccccc2)n1. The number of anilines is 4. The highest BCUT2D eigenvalue weighted by atomic mass is 35.5. The second kappa shape index (κ2) is 12.4. The van der Waals surface area contributed by atoms with Crippen molar-refractivity contribution in [3.05, 3.63) is 114 Å². The molecule has 15 heteroatoms. The quantitative estimate of drug-likeness (QED) is 0.114. The van der Waals surface area contributed by atoms with Crippen LogP contribution in [0.15, 0.2) is 83.0 Å². The number of halogens is 2. The summed E-state index contributed by atoms with van der Waals surface area (Å²) in [7, 11) is 0. The van der Waals surface area contributed by atoms with Crippen molar-refractivity contribution < 1.29 is 9.85 Å². The maximum absolute atomic E-state index is 11.3. The molecule has 4 aromatic rings. The van der Waals surface area contributed by atoms with Crippen LogP contribution in [-0.4, -0.2) is 32.2 Å². The van der Waals surface area contributed by atoms with E-state index >= 15 is 0 Å². The van der Waals surface area contributed by atoms with Gasteiger partial charge in [0, 0.05) is 33.9 Å². The third kappa shape index (κ3) is 7.44. The van der Waals surface area contributed by atoms with E-state index in [1.807, 2.05) is 30.3 Å². The van der Waals surface area contributed by atoms with Gasteiger partial charge in [0.05, 0.1) is 33.4 Å². The molecule has 0 atom stereocenters. The van der Waals surface area contributed by atoms with Crippen LogP contribution in [0.5, 0.6) is 0 Å². The third-order valence-corrected chi connectivity index (χ3v) is 5.37. The molecular formula is C24H17Cl2N9O4. The van der Waals surface area contributed by atoms with Gasteiger partial charge in [-0.2, -0.15) is 20.2 Å². The smallest absolute Gasteiger partial charge is 0.279 e. The predicted molar refractivity (Wildman–Crippen MR) is 150 cm³/mol. The monoisotopic (exact) mass is 565 g/mol. The average molecular weight is 566 g/mol. The lowest BCUT2D eigenvalue weighted by Gasteiger charge is -2.09. The number of aromatic nitrogens is 2. The normalized spacial score (nSPS) is 11.0. The molecule has 0 aliphatic heterocycles. The second-order valence-electron chi connectivity index (χ2n) is 7.61. The van der Waals surface area contributed by atoms with Gasteiger partial charge in [-0.1, -0.05) is 41.4 Å². The van der Waals surface area contributed by atoms with E-state index in [0.29, 0.717) is 5.69 Å². The zero-order valence-corrected chi connectivity index (χ0v) is 21.2. The highest BCUT2D eigenvalue weighted by molar-refractivity contribution is 6.31. The summed E-state index contributed by atoms with van der Waals surface area (Å²) in [4.78, 5) is 30.2. The molecular weight excluding hydrogens is 549 g/mol. The molecule has 1 aromatic heterocycles. The maximum Gasteiger partial charge on any atom is 0.279 e. The van der Waals surface area contributed by atoms with Gasteiger partial charge in [0.25, 0.3) is 11.4 Å². The van der Waals surface area contributed by atoms with Gasteiger partial charge in [-0.05, 0) is 36.4 Å². The van der Waals surface area contributed by atoms with Crippen LogP contribution in [-0.2, 0) is 0 Å². The molecule has 0 amide bonds. The molecule has 0 aliphatic rings. The molecule has 0 saturated heterocycles. The van der Waals surface area contributed by atoms with E-state index in [-0.39, 0.29) is 50.1 Å². The van der Waals surface area contributed by atoms with Gasteiger partial charge in [-0.15, -0.1) is 0 Å². The summed E-state index contributed by atoms with van der Waals surface area (Å²) in [6, 6.07) is 19.0. The van der Waals surface area contributed by atoms with E-state index in [2.05, 4.69) is 36.3 Å². The van der Waals surface area contributed by atoms with Crippen LogP contribution in [0.2, 0.25) is 10.0 Å². The van der Waals surface area contributed by atoms with Crippen LogP contribution in [0.1, 0.15) is 11.1 Å². The number of rotatable bonds is 10. The van der Waals surface area contributed by atoms with E-state index in [1.165, 1.54) is 54.9 Å². The lowest BCUT2D eigenvalue weighted by Crippen LogP contribution is -2.04. The number of nitrogens with one attached hydrogen (secondary N) is 3. The molecule has 13 nitrogen and oxygen atoms in total. The minimum atomic E-state index is -0.565.